The SMILES string of the molecule is CC(C)(C)N(C(=O)O)C(C)(C(=O)c1ccc(Cl)cc1OCc1ccccc1)c1ccc(Cl)nc1. The summed E-state index contributed by atoms with van der Waals surface area (Å²) in [5.74, 6) is -0.220. The molecule has 0 aliphatic rings. The Morgan fingerprint density at radius 1 is 1.00 bits per heavy atom. The van der Waals surface area contributed by atoms with Gasteiger partial charge in [0.1, 0.15) is 23.0 Å². The highest BCUT2D eigenvalue weighted by atomic mass is 35.5. The maximum absolute atomic E-state index is 14.2. The predicted molar refractivity (Wildman–Crippen MR) is 133 cm³/mol. The molecule has 0 aliphatic heterocycles. The van der Waals surface area contributed by atoms with Gasteiger partial charge in [-0.15, -0.1) is 0 Å². The minimum Gasteiger partial charge on any atom is -0.488 e. The van der Waals surface area contributed by atoms with E-state index < -0.39 is 23.0 Å². The molecule has 0 aliphatic carbocycles. The molecule has 3 rings (SSSR count). The van der Waals surface area contributed by atoms with E-state index in [1.807, 2.05) is 30.3 Å². The number of carbonyl (C=O) groups is 2. The van der Waals surface area contributed by atoms with Crippen molar-refractivity contribution in [3.8, 4) is 5.75 Å². The zero-order valence-corrected chi connectivity index (χ0v) is 20.9. The van der Waals surface area contributed by atoms with Crippen molar-refractivity contribution in [2.24, 2.45) is 0 Å². The molecule has 0 spiro atoms. The third-order valence-electron chi connectivity index (χ3n) is 5.47. The standard InChI is InChI=1S/C26H26Cl2N2O4/c1-25(2,3)30(24(32)33)26(4,18-10-13-22(28)29-15-18)23(31)20-12-11-19(27)14-21(20)34-16-17-8-6-5-7-9-17/h5-15H,16H2,1-4H3,(H,32,33). The number of hydrogen-bond donors (Lipinski definition) is 1. The van der Waals surface area contributed by atoms with E-state index in [-0.39, 0.29) is 23.1 Å². The van der Waals surface area contributed by atoms with Gasteiger partial charge < -0.3 is 9.84 Å². The van der Waals surface area contributed by atoms with E-state index in [2.05, 4.69) is 4.98 Å². The maximum Gasteiger partial charge on any atom is 0.408 e. The number of carbonyl (C=O) groups excluding carboxylic acids is 1. The quantitative estimate of drug-likeness (QED) is 0.283. The highest BCUT2D eigenvalue weighted by Gasteiger charge is 2.50. The van der Waals surface area contributed by atoms with Crippen LogP contribution >= 0.6 is 23.2 Å². The second kappa shape index (κ2) is 10.0. The van der Waals surface area contributed by atoms with Crippen LogP contribution in [0.5, 0.6) is 5.75 Å². The zero-order chi connectivity index (χ0) is 25.1. The second-order valence-electron chi connectivity index (χ2n) is 8.97. The number of hydrogen-bond acceptors (Lipinski definition) is 4. The lowest BCUT2D eigenvalue weighted by Crippen LogP contribution is -2.60. The van der Waals surface area contributed by atoms with Crippen LogP contribution in [0.4, 0.5) is 4.79 Å². The molecule has 0 saturated carbocycles. The van der Waals surface area contributed by atoms with Crippen molar-refractivity contribution in [1.29, 1.82) is 0 Å². The molecule has 6 nitrogen and oxygen atoms in total. The normalized spacial score (nSPS) is 13.1. The van der Waals surface area contributed by atoms with E-state index in [4.69, 9.17) is 27.9 Å². The summed E-state index contributed by atoms with van der Waals surface area (Å²) in [5.41, 5.74) is -1.07. The summed E-state index contributed by atoms with van der Waals surface area (Å²) in [6, 6.07) is 17.3. The average molecular weight is 501 g/mol. The first-order valence-electron chi connectivity index (χ1n) is 10.6. The van der Waals surface area contributed by atoms with Crippen molar-refractivity contribution < 1.29 is 19.4 Å². The van der Waals surface area contributed by atoms with Gasteiger partial charge in [0.05, 0.1) is 5.56 Å². The molecular formula is C26H26Cl2N2O4. The van der Waals surface area contributed by atoms with E-state index in [1.54, 1.807) is 52.0 Å². The monoisotopic (exact) mass is 500 g/mol. The number of halogens is 2. The molecule has 34 heavy (non-hydrogen) atoms. The molecule has 0 saturated heterocycles. The summed E-state index contributed by atoms with van der Waals surface area (Å²) in [4.78, 5) is 31.9. The highest BCUT2D eigenvalue weighted by Crippen LogP contribution is 2.40. The Balaban J connectivity index is 2.15. The number of carboxylic acid groups (broad SMARTS) is 1. The van der Waals surface area contributed by atoms with Gasteiger partial charge in [-0.25, -0.2) is 9.78 Å². The van der Waals surface area contributed by atoms with Gasteiger partial charge in [-0.2, -0.15) is 0 Å². The summed E-state index contributed by atoms with van der Waals surface area (Å²) in [6.45, 7) is 6.96. The summed E-state index contributed by atoms with van der Waals surface area (Å²) >= 11 is 12.2. The van der Waals surface area contributed by atoms with Crippen LogP contribution in [-0.2, 0) is 12.1 Å². The number of nitrogens with zero attached hydrogens (tertiary/aromatic N) is 2. The second-order valence-corrected chi connectivity index (χ2v) is 9.80. The zero-order valence-electron chi connectivity index (χ0n) is 19.4. The number of aromatic nitrogens is 1. The lowest BCUT2D eigenvalue weighted by atomic mass is 9.80. The van der Waals surface area contributed by atoms with Gasteiger partial charge in [0.25, 0.3) is 0 Å². The number of ether oxygens (including phenoxy) is 1. The minimum atomic E-state index is -1.64. The number of Topliss-reactive ketones (excluding diaryl/α,β-unsaturated/α-hetero) is 1. The highest BCUT2D eigenvalue weighted by molar-refractivity contribution is 6.31. The Labute approximate surface area is 209 Å². The number of amides is 1. The van der Waals surface area contributed by atoms with Crippen LogP contribution in [0.15, 0.2) is 66.9 Å². The first kappa shape index (κ1) is 25.5. The molecule has 1 aromatic heterocycles. The van der Waals surface area contributed by atoms with Crippen LogP contribution < -0.4 is 4.74 Å². The van der Waals surface area contributed by atoms with Crippen LogP contribution in [0, 0.1) is 0 Å². The molecule has 1 amide bonds. The van der Waals surface area contributed by atoms with Crippen LogP contribution in [0.25, 0.3) is 0 Å². The molecule has 1 heterocycles. The van der Waals surface area contributed by atoms with E-state index in [0.717, 1.165) is 10.5 Å². The van der Waals surface area contributed by atoms with Gasteiger partial charge in [-0.3, -0.25) is 9.69 Å². The smallest absolute Gasteiger partial charge is 0.408 e. The van der Waals surface area contributed by atoms with Gasteiger partial charge >= 0.3 is 6.09 Å². The van der Waals surface area contributed by atoms with Gasteiger partial charge in [0.15, 0.2) is 5.78 Å². The van der Waals surface area contributed by atoms with Crippen molar-refractivity contribution in [2.75, 3.05) is 0 Å². The minimum absolute atomic E-state index is 0.202. The van der Waals surface area contributed by atoms with Crippen LogP contribution in [0.2, 0.25) is 10.2 Å². The van der Waals surface area contributed by atoms with E-state index in [9.17, 15) is 14.7 Å². The van der Waals surface area contributed by atoms with E-state index in [0.29, 0.717) is 10.6 Å². The van der Waals surface area contributed by atoms with Crippen LogP contribution in [0.1, 0.15) is 49.2 Å². The van der Waals surface area contributed by atoms with Gasteiger partial charge in [-0.1, -0.05) is 59.6 Å². The fourth-order valence-electron chi connectivity index (χ4n) is 3.98. The molecule has 8 heteroatoms. The molecule has 1 atom stereocenters. The van der Waals surface area contributed by atoms with Crippen molar-refractivity contribution in [2.45, 2.75) is 45.4 Å². The van der Waals surface area contributed by atoms with E-state index >= 15 is 0 Å². The Morgan fingerprint density at radius 2 is 1.68 bits per heavy atom. The summed E-state index contributed by atoms with van der Waals surface area (Å²) < 4.78 is 5.99. The maximum atomic E-state index is 14.2. The Hall–Kier alpha value is -3.09. The summed E-state index contributed by atoms with van der Waals surface area (Å²) in [5, 5.41) is 10.8. The number of pyridine rings is 1. The lowest BCUT2D eigenvalue weighted by Gasteiger charge is -2.46. The Kier molecular flexibility index (Phi) is 7.54. The fourth-order valence-corrected chi connectivity index (χ4v) is 4.25. The van der Waals surface area contributed by atoms with Gasteiger partial charge in [0, 0.05) is 22.3 Å². The van der Waals surface area contributed by atoms with Crippen molar-refractivity contribution in [1.82, 2.24) is 9.88 Å². The molecule has 3 aromatic rings. The summed E-state index contributed by atoms with van der Waals surface area (Å²) in [7, 11) is 0. The molecule has 178 valence electrons. The molecule has 0 radical (unpaired) electrons. The van der Waals surface area contributed by atoms with Crippen LogP contribution in [0.3, 0.4) is 0 Å². The fraction of sp³-hybridized carbons (Fsp3) is 0.269. The largest absolute Gasteiger partial charge is 0.488 e. The third-order valence-corrected chi connectivity index (χ3v) is 5.93. The Bertz CT molecular complexity index is 1180. The molecule has 1 N–H and O–H groups in total. The van der Waals surface area contributed by atoms with Crippen molar-refractivity contribution in [3.05, 3.63) is 93.7 Å². The number of ketones is 1. The molecular weight excluding hydrogens is 475 g/mol. The van der Waals surface area contributed by atoms with Crippen LogP contribution in [-0.4, -0.2) is 32.4 Å². The molecule has 0 fully saturated rings. The van der Waals surface area contributed by atoms with Gasteiger partial charge in [0.2, 0.25) is 0 Å². The molecule has 0 bridgehead atoms. The first-order chi connectivity index (χ1) is 15.9. The average Bonchev–Trinajstić information content (AvgIpc) is 2.77. The molecule has 1 unspecified atom stereocenters. The topological polar surface area (TPSA) is 79.7 Å². The lowest BCUT2D eigenvalue weighted by molar-refractivity contribution is 0.0211. The number of benzene rings is 2. The van der Waals surface area contributed by atoms with Crippen molar-refractivity contribution in [3.63, 3.8) is 0 Å². The molecule has 2 aromatic carbocycles. The third kappa shape index (κ3) is 5.34. The van der Waals surface area contributed by atoms with Gasteiger partial charge in [-0.05, 0) is 57.5 Å². The van der Waals surface area contributed by atoms with E-state index in [1.165, 1.54) is 12.3 Å². The Morgan fingerprint density at radius 3 is 2.24 bits per heavy atom. The number of rotatable bonds is 7. The first-order valence-corrected chi connectivity index (χ1v) is 11.4. The van der Waals surface area contributed by atoms with Crippen molar-refractivity contribution >= 4 is 35.1 Å². The predicted octanol–water partition coefficient (Wildman–Crippen LogP) is 6.84. The summed E-state index contributed by atoms with van der Waals surface area (Å²) in [6.07, 6.45) is 0.168.